The number of allylic oxidation sites excluding steroid dienone is 3. The number of carboxylic acids is 1. The Bertz CT molecular complexity index is 226. The van der Waals surface area contributed by atoms with E-state index in [0.29, 0.717) is 0 Å². The lowest BCUT2D eigenvalue weighted by atomic mass is 10.2. The summed E-state index contributed by atoms with van der Waals surface area (Å²) in [5.41, 5.74) is 0.0894. The number of rotatable bonds is 3. The summed E-state index contributed by atoms with van der Waals surface area (Å²) in [6.45, 7) is 5.01. The van der Waals surface area contributed by atoms with Crippen LogP contribution in [0.3, 0.4) is 0 Å². The predicted octanol–water partition coefficient (Wildman–Crippen LogP) is 2.33. The summed E-state index contributed by atoms with van der Waals surface area (Å²) in [5.74, 6) is -1.03. The van der Waals surface area contributed by atoms with Crippen molar-refractivity contribution in [2.24, 2.45) is 0 Å². The first-order valence-electron chi connectivity index (χ1n) is 3.01. The van der Waals surface area contributed by atoms with Crippen LogP contribution in [0, 0.1) is 0 Å². The van der Waals surface area contributed by atoms with E-state index in [9.17, 15) is 4.79 Å². The van der Waals surface area contributed by atoms with Crippen LogP contribution in [-0.2, 0) is 4.79 Å². The molecule has 0 fully saturated rings. The van der Waals surface area contributed by atoms with Crippen LogP contribution in [0.2, 0.25) is 0 Å². The van der Waals surface area contributed by atoms with Gasteiger partial charge in [-0.15, -0.1) is 0 Å². The van der Waals surface area contributed by atoms with Crippen molar-refractivity contribution in [3.63, 3.8) is 0 Å². The maximum atomic E-state index is 10.4. The summed E-state index contributed by atoms with van der Waals surface area (Å²) in [6.07, 6.45) is 4.31. The maximum Gasteiger partial charge on any atom is 0.336 e. The minimum Gasteiger partial charge on any atom is -0.478 e. The lowest BCUT2D eigenvalue weighted by molar-refractivity contribution is -0.132. The first kappa shape index (κ1) is 9.98. The molecule has 0 aliphatic rings. The average molecular weight is 173 g/mol. The Morgan fingerprint density at radius 2 is 2.18 bits per heavy atom. The van der Waals surface area contributed by atoms with Gasteiger partial charge in [-0.3, -0.25) is 0 Å². The Hall–Kier alpha value is -1.02. The lowest BCUT2D eigenvalue weighted by Gasteiger charge is -1.96. The van der Waals surface area contributed by atoms with Gasteiger partial charge in [0.2, 0.25) is 0 Å². The van der Waals surface area contributed by atoms with E-state index in [1.54, 1.807) is 6.92 Å². The second-order valence-corrected chi connectivity index (χ2v) is 2.17. The largest absolute Gasteiger partial charge is 0.478 e. The summed E-state index contributed by atoms with van der Waals surface area (Å²) < 4.78 is 0. The monoisotopic (exact) mass is 172 g/mol. The van der Waals surface area contributed by atoms with Gasteiger partial charge in [0.05, 0.1) is 10.6 Å². The highest BCUT2D eigenvalue weighted by Gasteiger charge is 2.07. The van der Waals surface area contributed by atoms with Gasteiger partial charge in [0, 0.05) is 0 Å². The van der Waals surface area contributed by atoms with E-state index < -0.39 is 5.97 Å². The number of hydrogen-bond acceptors (Lipinski definition) is 1. The third-order valence-electron chi connectivity index (χ3n) is 1.04. The SMILES string of the molecule is C=C/C=C(Cl)\C(=C/C)C(=O)O. The first-order chi connectivity index (χ1) is 5.13. The Balaban J connectivity index is 4.67. The predicted molar refractivity (Wildman–Crippen MR) is 45.5 cm³/mol. The molecule has 0 atom stereocenters. The zero-order chi connectivity index (χ0) is 8.85. The summed E-state index contributed by atoms with van der Waals surface area (Å²) in [5, 5.41) is 8.73. The van der Waals surface area contributed by atoms with Crippen molar-refractivity contribution >= 4 is 17.6 Å². The second kappa shape index (κ2) is 4.74. The van der Waals surface area contributed by atoms with Crippen LogP contribution >= 0.6 is 11.6 Å². The lowest BCUT2D eigenvalue weighted by Crippen LogP contribution is -1.99. The highest BCUT2D eigenvalue weighted by Crippen LogP contribution is 2.14. The van der Waals surface area contributed by atoms with Crippen molar-refractivity contribution in [1.82, 2.24) is 0 Å². The summed E-state index contributed by atoms with van der Waals surface area (Å²) >= 11 is 5.58. The molecule has 0 aliphatic heterocycles. The van der Waals surface area contributed by atoms with E-state index in [1.165, 1.54) is 18.2 Å². The van der Waals surface area contributed by atoms with Crippen LogP contribution in [0.1, 0.15) is 6.92 Å². The normalized spacial score (nSPS) is 12.9. The van der Waals surface area contributed by atoms with Gasteiger partial charge < -0.3 is 5.11 Å². The van der Waals surface area contributed by atoms with E-state index >= 15 is 0 Å². The van der Waals surface area contributed by atoms with Crippen molar-refractivity contribution in [1.29, 1.82) is 0 Å². The van der Waals surface area contributed by atoms with Crippen LogP contribution in [0.4, 0.5) is 0 Å². The third kappa shape index (κ3) is 3.05. The summed E-state index contributed by atoms with van der Waals surface area (Å²) in [4.78, 5) is 10.4. The van der Waals surface area contributed by atoms with E-state index in [1.807, 2.05) is 0 Å². The maximum absolute atomic E-state index is 10.4. The molecule has 0 saturated heterocycles. The summed E-state index contributed by atoms with van der Waals surface area (Å²) in [7, 11) is 0. The van der Waals surface area contributed by atoms with Crippen LogP contribution in [0.5, 0.6) is 0 Å². The minimum absolute atomic E-state index is 0.0894. The molecule has 1 N–H and O–H groups in total. The van der Waals surface area contributed by atoms with Gasteiger partial charge in [-0.05, 0) is 13.0 Å². The molecule has 0 aromatic carbocycles. The standard InChI is InChI=1S/C8H9ClO2/c1-3-5-7(9)6(4-2)8(10)11/h3-5H,1H2,2H3,(H,10,11)/b6-4+,7-5+. The molecule has 11 heavy (non-hydrogen) atoms. The van der Waals surface area contributed by atoms with Gasteiger partial charge in [-0.25, -0.2) is 4.79 Å². The highest BCUT2D eigenvalue weighted by atomic mass is 35.5. The summed E-state index contributed by atoms with van der Waals surface area (Å²) in [6, 6.07) is 0. The molecule has 0 bridgehead atoms. The van der Waals surface area contributed by atoms with Gasteiger partial charge in [0.15, 0.2) is 0 Å². The second-order valence-electron chi connectivity index (χ2n) is 1.76. The molecular weight excluding hydrogens is 164 g/mol. The minimum atomic E-state index is -1.03. The molecule has 0 aliphatic carbocycles. The van der Waals surface area contributed by atoms with Gasteiger partial charge in [-0.2, -0.15) is 0 Å². The highest BCUT2D eigenvalue weighted by molar-refractivity contribution is 6.35. The smallest absolute Gasteiger partial charge is 0.336 e. The van der Waals surface area contributed by atoms with E-state index in [-0.39, 0.29) is 10.6 Å². The molecule has 0 amide bonds. The molecule has 0 radical (unpaired) electrons. The Labute approximate surface area is 70.5 Å². The quantitative estimate of drug-likeness (QED) is 0.524. The van der Waals surface area contributed by atoms with Crippen LogP contribution < -0.4 is 0 Å². The van der Waals surface area contributed by atoms with Gasteiger partial charge in [0.25, 0.3) is 0 Å². The number of carbonyl (C=O) groups is 1. The van der Waals surface area contributed by atoms with Crippen LogP contribution in [0.15, 0.2) is 35.4 Å². The zero-order valence-electron chi connectivity index (χ0n) is 6.17. The van der Waals surface area contributed by atoms with Crippen LogP contribution in [0.25, 0.3) is 0 Å². The Morgan fingerprint density at radius 3 is 2.45 bits per heavy atom. The average Bonchev–Trinajstić information content (AvgIpc) is 1.88. The third-order valence-corrected chi connectivity index (χ3v) is 1.37. The van der Waals surface area contributed by atoms with Crippen molar-refractivity contribution in [2.45, 2.75) is 6.92 Å². The van der Waals surface area contributed by atoms with Crippen LogP contribution in [-0.4, -0.2) is 11.1 Å². The van der Waals surface area contributed by atoms with Crippen molar-refractivity contribution in [3.05, 3.63) is 35.4 Å². The fraction of sp³-hybridized carbons (Fsp3) is 0.125. The van der Waals surface area contributed by atoms with Crippen molar-refractivity contribution in [2.75, 3.05) is 0 Å². The zero-order valence-corrected chi connectivity index (χ0v) is 6.93. The number of carboxylic acid groups (broad SMARTS) is 1. The molecule has 2 nitrogen and oxygen atoms in total. The number of halogens is 1. The van der Waals surface area contributed by atoms with E-state index in [2.05, 4.69) is 6.58 Å². The molecule has 3 heteroatoms. The van der Waals surface area contributed by atoms with E-state index in [0.717, 1.165) is 0 Å². The fourth-order valence-corrected chi connectivity index (χ4v) is 0.836. The topological polar surface area (TPSA) is 37.3 Å². The molecule has 0 rings (SSSR count). The molecule has 0 unspecified atom stereocenters. The fourth-order valence-electron chi connectivity index (χ4n) is 0.557. The van der Waals surface area contributed by atoms with Crippen molar-refractivity contribution in [3.8, 4) is 0 Å². The molecule has 0 heterocycles. The molecule has 60 valence electrons. The van der Waals surface area contributed by atoms with E-state index in [4.69, 9.17) is 16.7 Å². The van der Waals surface area contributed by atoms with Gasteiger partial charge in [0.1, 0.15) is 0 Å². The molecule has 0 saturated carbocycles. The number of aliphatic carboxylic acids is 1. The Morgan fingerprint density at radius 1 is 1.64 bits per heavy atom. The molecule has 0 aromatic rings. The molecule has 0 spiro atoms. The molecule has 0 aromatic heterocycles. The van der Waals surface area contributed by atoms with Gasteiger partial charge in [-0.1, -0.05) is 30.3 Å². The van der Waals surface area contributed by atoms with Crippen molar-refractivity contribution < 1.29 is 9.90 Å². The molecular formula is C8H9ClO2. The number of hydrogen-bond donors (Lipinski definition) is 1. The first-order valence-corrected chi connectivity index (χ1v) is 3.39. The Kier molecular flexibility index (Phi) is 4.30. The van der Waals surface area contributed by atoms with Gasteiger partial charge >= 0.3 is 5.97 Å².